The Balaban J connectivity index is 2.01. The first kappa shape index (κ1) is 17.0. The monoisotopic (exact) mass is 355 g/mol. The molecule has 1 heterocycles. The largest absolute Gasteiger partial charge is 0.407 e. The van der Waals surface area contributed by atoms with Crippen LogP contribution in [-0.2, 0) is 10.0 Å². The second kappa shape index (κ2) is 5.60. The summed E-state index contributed by atoms with van der Waals surface area (Å²) in [4.78, 5) is -0.128. The van der Waals surface area contributed by atoms with Crippen molar-refractivity contribution < 1.29 is 21.6 Å². The molecular formula is C17H16F3NO2S. The lowest BCUT2D eigenvalue weighted by atomic mass is 10.1. The van der Waals surface area contributed by atoms with E-state index in [0.717, 1.165) is 11.1 Å². The number of alkyl halides is 3. The van der Waals surface area contributed by atoms with Gasteiger partial charge in [0.15, 0.2) is 0 Å². The first-order chi connectivity index (χ1) is 11.1. The molecule has 1 aliphatic heterocycles. The average Bonchev–Trinajstić information content (AvgIpc) is 3.25. The molecule has 1 saturated heterocycles. The topological polar surface area (TPSA) is 37.1 Å². The van der Waals surface area contributed by atoms with Gasteiger partial charge >= 0.3 is 6.18 Å². The molecule has 0 spiro atoms. The highest BCUT2D eigenvalue weighted by molar-refractivity contribution is 7.89. The lowest BCUT2D eigenvalue weighted by molar-refractivity contribution is -0.134. The number of halogens is 3. The third kappa shape index (κ3) is 2.93. The summed E-state index contributed by atoms with van der Waals surface area (Å²) in [7, 11) is -4.21. The van der Waals surface area contributed by atoms with Crippen LogP contribution in [-0.4, -0.2) is 24.9 Å². The summed E-state index contributed by atoms with van der Waals surface area (Å²) >= 11 is 0. The fourth-order valence-electron chi connectivity index (χ4n) is 2.76. The zero-order chi connectivity index (χ0) is 17.7. The minimum Gasteiger partial charge on any atom is -0.207 e. The SMILES string of the molecule is Cc1ccc(C2C(C(F)(F)F)N2S(=O)(=O)c2ccc(C)cc2)cc1. The van der Waals surface area contributed by atoms with Gasteiger partial charge in [0.2, 0.25) is 10.0 Å². The predicted octanol–water partition coefficient (Wildman–Crippen LogP) is 3.98. The van der Waals surface area contributed by atoms with E-state index in [1.165, 1.54) is 12.1 Å². The molecule has 0 bridgehead atoms. The highest BCUT2D eigenvalue weighted by Gasteiger charge is 2.68. The predicted molar refractivity (Wildman–Crippen MR) is 84.0 cm³/mol. The van der Waals surface area contributed by atoms with Crippen LogP contribution in [0.2, 0.25) is 0 Å². The number of hydrogen-bond donors (Lipinski definition) is 0. The fraction of sp³-hybridized carbons (Fsp3) is 0.294. The minimum absolute atomic E-state index is 0.128. The highest BCUT2D eigenvalue weighted by atomic mass is 32.2. The van der Waals surface area contributed by atoms with Crippen LogP contribution < -0.4 is 0 Å². The van der Waals surface area contributed by atoms with Crippen LogP contribution in [0.25, 0.3) is 0 Å². The first-order valence-electron chi connectivity index (χ1n) is 7.36. The second-order valence-electron chi connectivity index (χ2n) is 5.99. The van der Waals surface area contributed by atoms with Gasteiger partial charge in [0.05, 0.1) is 10.9 Å². The molecule has 128 valence electrons. The van der Waals surface area contributed by atoms with Gasteiger partial charge < -0.3 is 0 Å². The van der Waals surface area contributed by atoms with Crippen molar-refractivity contribution in [3.63, 3.8) is 0 Å². The maximum absolute atomic E-state index is 13.3. The molecule has 3 nitrogen and oxygen atoms in total. The van der Waals surface area contributed by atoms with Crippen LogP contribution in [0.1, 0.15) is 22.7 Å². The van der Waals surface area contributed by atoms with Gasteiger partial charge in [-0.2, -0.15) is 17.5 Å². The van der Waals surface area contributed by atoms with Gasteiger partial charge in [-0.25, -0.2) is 8.42 Å². The van der Waals surface area contributed by atoms with Crippen LogP contribution in [0.4, 0.5) is 13.2 Å². The molecule has 3 atom stereocenters. The quantitative estimate of drug-likeness (QED) is 0.781. The Morgan fingerprint density at radius 1 is 0.875 bits per heavy atom. The number of rotatable bonds is 3. The Morgan fingerprint density at radius 3 is 1.79 bits per heavy atom. The second-order valence-corrected chi connectivity index (χ2v) is 7.83. The van der Waals surface area contributed by atoms with E-state index in [2.05, 4.69) is 0 Å². The fourth-order valence-corrected chi connectivity index (χ4v) is 4.50. The van der Waals surface area contributed by atoms with E-state index >= 15 is 0 Å². The summed E-state index contributed by atoms with van der Waals surface area (Å²) in [5.41, 5.74) is 2.08. The highest BCUT2D eigenvalue weighted by Crippen LogP contribution is 2.54. The molecule has 24 heavy (non-hydrogen) atoms. The summed E-state index contributed by atoms with van der Waals surface area (Å²) in [6.45, 7) is 3.60. The summed E-state index contributed by atoms with van der Waals surface area (Å²) < 4.78 is 65.8. The van der Waals surface area contributed by atoms with Gasteiger partial charge in [-0.15, -0.1) is 0 Å². The van der Waals surface area contributed by atoms with Crippen LogP contribution >= 0.6 is 0 Å². The average molecular weight is 355 g/mol. The number of aryl methyl sites for hydroxylation is 2. The van der Waals surface area contributed by atoms with Crippen molar-refractivity contribution in [2.75, 3.05) is 0 Å². The zero-order valence-corrected chi connectivity index (χ0v) is 13.9. The van der Waals surface area contributed by atoms with Gasteiger partial charge in [-0.1, -0.05) is 47.5 Å². The van der Waals surface area contributed by atoms with E-state index in [9.17, 15) is 21.6 Å². The third-order valence-corrected chi connectivity index (χ3v) is 5.99. The van der Waals surface area contributed by atoms with Crippen LogP contribution in [0.5, 0.6) is 0 Å². The van der Waals surface area contributed by atoms with Crippen molar-refractivity contribution in [3.05, 3.63) is 65.2 Å². The molecule has 0 saturated carbocycles. The normalized spacial score (nSPS) is 24.0. The molecule has 7 heteroatoms. The maximum atomic E-state index is 13.3. The van der Waals surface area contributed by atoms with Gasteiger partial charge in [0.1, 0.15) is 6.04 Å². The van der Waals surface area contributed by atoms with Crippen LogP contribution in [0.15, 0.2) is 53.4 Å². The van der Waals surface area contributed by atoms with E-state index in [0.29, 0.717) is 9.87 Å². The number of sulfonamides is 1. The van der Waals surface area contributed by atoms with Gasteiger partial charge in [0, 0.05) is 0 Å². The van der Waals surface area contributed by atoms with Crippen molar-refractivity contribution in [2.24, 2.45) is 0 Å². The zero-order valence-electron chi connectivity index (χ0n) is 13.1. The van der Waals surface area contributed by atoms with Crippen molar-refractivity contribution in [2.45, 2.75) is 37.0 Å². The van der Waals surface area contributed by atoms with Crippen molar-refractivity contribution in [1.82, 2.24) is 4.31 Å². The molecule has 0 amide bonds. The van der Waals surface area contributed by atoms with Gasteiger partial charge in [0.25, 0.3) is 0 Å². The van der Waals surface area contributed by atoms with E-state index in [-0.39, 0.29) is 4.90 Å². The number of hydrogen-bond acceptors (Lipinski definition) is 2. The molecular weight excluding hydrogens is 339 g/mol. The molecule has 0 radical (unpaired) electrons. The van der Waals surface area contributed by atoms with Crippen molar-refractivity contribution in [1.29, 1.82) is 0 Å². The molecule has 1 fully saturated rings. The summed E-state index contributed by atoms with van der Waals surface area (Å²) in [5.74, 6) is 0. The molecule has 3 rings (SSSR count). The molecule has 0 N–H and O–H groups in total. The Kier molecular flexibility index (Phi) is 3.96. The van der Waals surface area contributed by atoms with Crippen molar-refractivity contribution in [3.8, 4) is 0 Å². The summed E-state index contributed by atoms with van der Waals surface area (Å²) in [5, 5.41) is 0. The van der Waals surface area contributed by atoms with Crippen LogP contribution in [0, 0.1) is 13.8 Å². The minimum atomic E-state index is -4.62. The first-order valence-corrected chi connectivity index (χ1v) is 8.80. The standard InChI is InChI=1S/C17H16F3NO2S/c1-11-3-7-13(8-4-11)15-16(17(18,19)20)21(15)24(22,23)14-9-5-12(2)6-10-14/h3-10,15-16H,1-2H3. The van der Waals surface area contributed by atoms with E-state index in [1.807, 2.05) is 6.92 Å². The Morgan fingerprint density at radius 2 is 1.33 bits per heavy atom. The number of nitrogens with zero attached hydrogens (tertiary/aromatic N) is 1. The molecule has 0 aromatic heterocycles. The lowest BCUT2D eigenvalue weighted by Crippen LogP contribution is -2.24. The molecule has 2 aromatic rings. The molecule has 0 aliphatic carbocycles. The number of benzene rings is 2. The Bertz CT molecular complexity index is 843. The molecule has 2 aromatic carbocycles. The summed E-state index contributed by atoms with van der Waals surface area (Å²) in [6.07, 6.45) is -4.62. The van der Waals surface area contributed by atoms with Gasteiger partial charge in [-0.05, 0) is 31.5 Å². The van der Waals surface area contributed by atoms with Gasteiger partial charge in [-0.3, -0.25) is 0 Å². The van der Waals surface area contributed by atoms with E-state index in [4.69, 9.17) is 0 Å². The Hall–Kier alpha value is -1.86. The van der Waals surface area contributed by atoms with E-state index in [1.54, 1.807) is 43.3 Å². The molecule has 3 unspecified atom stereocenters. The molecule has 1 aliphatic rings. The van der Waals surface area contributed by atoms with E-state index < -0.39 is 28.3 Å². The van der Waals surface area contributed by atoms with Crippen LogP contribution in [0.3, 0.4) is 0 Å². The maximum Gasteiger partial charge on any atom is 0.407 e. The summed E-state index contributed by atoms with van der Waals surface area (Å²) in [6, 6.07) is 9.02. The Labute approximate surface area is 138 Å². The van der Waals surface area contributed by atoms with Crippen molar-refractivity contribution >= 4 is 10.0 Å². The lowest BCUT2D eigenvalue weighted by Gasteiger charge is -2.08. The third-order valence-electron chi connectivity index (χ3n) is 4.11. The smallest absolute Gasteiger partial charge is 0.207 e.